The van der Waals surface area contributed by atoms with Crippen molar-refractivity contribution in [3.63, 3.8) is 0 Å². The SMILES string of the molecule is COCc1c(O)cc(O)cc1C=Cc1ccc(O)cc1. The maximum Gasteiger partial charge on any atom is 0.125 e. The third kappa shape index (κ3) is 3.30. The van der Waals surface area contributed by atoms with Gasteiger partial charge in [0.05, 0.1) is 6.61 Å². The van der Waals surface area contributed by atoms with Crippen molar-refractivity contribution in [3.05, 3.63) is 53.1 Å². The van der Waals surface area contributed by atoms with Crippen LogP contribution in [-0.4, -0.2) is 22.4 Å². The van der Waals surface area contributed by atoms with Gasteiger partial charge < -0.3 is 20.1 Å². The largest absolute Gasteiger partial charge is 0.508 e. The Morgan fingerprint density at radius 2 is 1.65 bits per heavy atom. The Balaban J connectivity index is 2.34. The fourth-order valence-electron chi connectivity index (χ4n) is 1.88. The number of benzene rings is 2. The molecule has 2 aromatic rings. The van der Waals surface area contributed by atoms with E-state index >= 15 is 0 Å². The minimum atomic E-state index is -0.00675. The highest BCUT2D eigenvalue weighted by Crippen LogP contribution is 2.29. The molecule has 0 aliphatic carbocycles. The highest BCUT2D eigenvalue weighted by molar-refractivity contribution is 5.73. The van der Waals surface area contributed by atoms with Gasteiger partial charge in [0.2, 0.25) is 0 Å². The predicted octanol–water partition coefficient (Wildman–Crippen LogP) is 3.12. The highest BCUT2D eigenvalue weighted by atomic mass is 16.5. The van der Waals surface area contributed by atoms with Crippen LogP contribution in [0.5, 0.6) is 17.2 Å². The third-order valence-corrected chi connectivity index (χ3v) is 2.88. The van der Waals surface area contributed by atoms with Gasteiger partial charge in [-0.05, 0) is 29.3 Å². The first-order chi connectivity index (χ1) is 9.60. The summed E-state index contributed by atoms with van der Waals surface area (Å²) in [5.41, 5.74) is 2.19. The van der Waals surface area contributed by atoms with Crippen LogP contribution in [0.2, 0.25) is 0 Å². The summed E-state index contributed by atoms with van der Waals surface area (Å²) in [5.74, 6) is 0.196. The Morgan fingerprint density at radius 3 is 2.30 bits per heavy atom. The van der Waals surface area contributed by atoms with E-state index in [1.807, 2.05) is 6.08 Å². The third-order valence-electron chi connectivity index (χ3n) is 2.88. The fourth-order valence-corrected chi connectivity index (χ4v) is 1.88. The van der Waals surface area contributed by atoms with E-state index < -0.39 is 0 Å². The molecule has 0 radical (unpaired) electrons. The van der Waals surface area contributed by atoms with Crippen molar-refractivity contribution in [1.29, 1.82) is 0 Å². The van der Waals surface area contributed by atoms with Crippen LogP contribution in [0, 0.1) is 0 Å². The maximum atomic E-state index is 9.83. The van der Waals surface area contributed by atoms with Crippen LogP contribution in [-0.2, 0) is 11.3 Å². The standard InChI is InChI=1S/C16H16O4/c1-20-10-15-12(8-14(18)9-16(15)19)5-2-11-3-6-13(17)7-4-11/h2-9,17-19H,10H2,1H3. The quantitative estimate of drug-likeness (QED) is 0.748. The molecule has 4 heteroatoms. The summed E-state index contributed by atoms with van der Waals surface area (Å²) in [7, 11) is 1.54. The molecule has 20 heavy (non-hydrogen) atoms. The lowest BCUT2D eigenvalue weighted by Crippen LogP contribution is -1.92. The number of hydrogen-bond donors (Lipinski definition) is 3. The lowest BCUT2D eigenvalue weighted by Gasteiger charge is -2.08. The highest BCUT2D eigenvalue weighted by Gasteiger charge is 2.08. The summed E-state index contributed by atoms with van der Waals surface area (Å²) >= 11 is 0. The minimum absolute atomic E-state index is 0.00259. The van der Waals surface area contributed by atoms with Crippen LogP contribution in [0.3, 0.4) is 0 Å². The summed E-state index contributed by atoms with van der Waals surface area (Å²) in [4.78, 5) is 0. The Labute approximate surface area is 117 Å². The average Bonchev–Trinajstić information content (AvgIpc) is 2.41. The van der Waals surface area contributed by atoms with E-state index in [0.717, 1.165) is 5.56 Å². The molecule has 0 atom stereocenters. The summed E-state index contributed by atoms with van der Waals surface area (Å²) < 4.78 is 5.05. The molecule has 2 aromatic carbocycles. The van der Waals surface area contributed by atoms with Gasteiger partial charge in [-0.3, -0.25) is 0 Å². The van der Waals surface area contributed by atoms with Crippen molar-refractivity contribution in [1.82, 2.24) is 0 Å². The van der Waals surface area contributed by atoms with E-state index in [0.29, 0.717) is 11.1 Å². The number of ether oxygens (including phenoxy) is 1. The molecule has 3 N–H and O–H groups in total. The zero-order valence-corrected chi connectivity index (χ0v) is 11.1. The van der Waals surface area contributed by atoms with Crippen LogP contribution in [0.25, 0.3) is 12.2 Å². The molecule has 0 saturated carbocycles. The van der Waals surface area contributed by atoms with E-state index in [9.17, 15) is 15.3 Å². The van der Waals surface area contributed by atoms with Crippen LogP contribution in [0.4, 0.5) is 0 Å². The summed E-state index contributed by atoms with van der Waals surface area (Å²) in [6, 6.07) is 9.57. The zero-order valence-electron chi connectivity index (χ0n) is 11.1. The molecule has 104 valence electrons. The van der Waals surface area contributed by atoms with Crippen molar-refractivity contribution >= 4 is 12.2 Å². The van der Waals surface area contributed by atoms with Crippen LogP contribution >= 0.6 is 0 Å². The summed E-state index contributed by atoms with van der Waals surface area (Å²) in [5, 5.41) is 28.6. The van der Waals surface area contributed by atoms with Gasteiger partial charge in [-0.2, -0.15) is 0 Å². The van der Waals surface area contributed by atoms with Crippen molar-refractivity contribution in [2.75, 3.05) is 7.11 Å². The molecule has 0 aromatic heterocycles. The van der Waals surface area contributed by atoms with E-state index in [1.54, 1.807) is 43.5 Å². The molecular formula is C16H16O4. The van der Waals surface area contributed by atoms with Gasteiger partial charge in [0, 0.05) is 18.7 Å². The first-order valence-corrected chi connectivity index (χ1v) is 6.11. The monoisotopic (exact) mass is 272 g/mol. The van der Waals surface area contributed by atoms with Gasteiger partial charge in [-0.1, -0.05) is 24.3 Å². The Hall–Kier alpha value is -2.46. The van der Waals surface area contributed by atoms with Gasteiger partial charge >= 0.3 is 0 Å². The summed E-state index contributed by atoms with van der Waals surface area (Å²) in [6.45, 7) is 0.251. The second kappa shape index (κ2) is 6.12. The van der Waals surface area contributed by atoms with Gasteiger partial charge in [0.15, 0.2) is 0 Å². The van der Waals surface area contributed by atoms with Crippen molar-refractivity contribution in [3.8, 4) is 17.2 Å². The molecule has 0 saturated heterocycles. The molecule has 0 spiro atoms. The molecule has 0 unspecified atom stereocenters. The molecule has 0 aliphatic rings. The summed E-state index contributed by atoms with van der Waals surface area (Å²) in [6.07, 6.45) is 3.60. The van der Waals surface area contributed by atoms with Crippen LogP contribution in [0.1, 0.15) is 16.7 Å². The van der Waals surface area contributed by atoms with Gasteiger partial charge in [-0.15, -0.1) is 0 Å². The normalized spacial score (nSPS) is 11.1. The zero-order chi connectivity index (χ0) is 14.5. The molecule has 0 heterocycles. The Bertz CT molecular complexity index is 615. The van der Waals surface area contributed by atoms with Crippen LogP contribution in [0.15, 0.2) is 36.4 Å². The second-order valence-corrected chi connectivity index (χ2v) is 4.39. The lowest BCUT2D eigenvalue weighted by atomic mass is 10.0. The molecule has 0 amide bonds. The first-order valence-electron chi connectivity index (χ1n) is 6.11. The minimum Gasteiger partial charge on any atom is -0.508 e. The number of aromatic hydroxyl groups is 3. The van der Waals surface area contributed by atoms with E-state index in [1.165, 1.54) is 6.07 Å². The van der Waals surface area contributed by atoms with Crippen molar-refractivity contribution in [2.24, 2.45) is 0 Å². The Kier molecular flexibility index (Phi) is 4.27. The van der Waals surface area contributed by atoms with E-state index in [4.69, 9.17) is 4.74 Å². The number of rotatable bonds is 4. The van der Waals surface area contributed by atoms with Gasteiger partial charge in [0.1, 0.15) is 17.2 Å². The number of hydrogen-bond acceptors (Lipinski definition) is 4. The molecule has 2 rings (SSSR count). The lowest BCUT2D eigenvalue weighted by molar-refractivity contribution is 0.181. The Morgan fingerprint density at radius 1 is 0.950 bits per heavy atom. The maximum absolute atomic E-state index is 9.83. The van der Waals surface area contributed by atoms with Gasteiger partial charge in [-0.25, -0.2) is 0 Å². The van der Waals surface area contributed by atoms with Gasteiger partial charge in [0.25, 0.3) is 0 Å². The van der Waals surface area contributed by atoms with Crippen LogP contribution < -0.4 is 0 Å². The molecular weight excluding hydrogens is 256 g/mol. The first kappa shape index (κ1) is 14.0. The fraction of sp³-hybridized carbons (Fsp3) is 0.125. The van der Waals surface area contributed by atoms with Crippen molar-refractivity contribution < 1.29 is 20.1 Å². The molecule has 0 bridgehead atoms. The second-order valence-electron chi connectivity index (χ2n) is 4.39. The van der Waals surface area contributed by atoms with Crippen molar-refractivity contribution in [2.45, 2.75) is 6.61 Å². The predicted molar refractivity (Wildman–Crippen MR) is 77.5 cm³/mol. The number of phenolic OH excluding ortho intramolecular Hbond substituents is 3. The molecule has 0 fully saturated rings. The number of phenols is 3. The molecule has 0 aliphatic heterocycles. The van der Waals surface area contributed by atoms with E-state index in [-0.39, 0.29) is 23.9 Å². The van der Waals surface area contributed by atoms with E-state index in [2.05, 4.69) is 0 Å². The smallest absolute Gasteiger partial charge is 0.125 e. The topological polar surface area (TPSA) is 69.9 Å². The average molecular weight is 272 g/mol. The molecule has 4 nitrogen and oxygen atoms in total. The number of methoxy groups -OCH3 is 1.